The van der Waals surface area contributed by atoms with Crippen LogP contribution in [0.25, 0.3) is 10.9 Å². The third kappa shape index (κ3) is 4.13. The number of aliphatic hydroxyl groups is 1. The van der Waals surface area contributed by atoms with Gasteiger partial charge in [-0.05, 0) is 39.8 Å². The van der Waals surface area contributed by atoms with Gasteiger partial charge in [-0.25, -0.2) is 0 Å². The Morgan fingerprint density at radius 2 is 2.10 bits per heavy atom. The lowest BCUT2D eigenvalue weighted by atomic mass is 10.1. The minimum atomic E-state index is -0.571. The van der Waals surface area contributed by atoms with Crippen molar-refractivity contribution >= 4 is 22.5 Å². The molecular weight excluding hydrogens is 288 g/mol. The van der Waals surface area contributed by atoms with E-state index in [-0.39, 0.29) is 12.1 Å². The Morgan fingerprint density at radius 3 is 2.76 bits per heavy atom. The lowest BCUT2D eigenvalue weighted by molar-refractivity contribution is 0.101. The van der Waals surface area contributed by atoms with Crippen molar-refractivity contribution in [3.05, 3.63) is 28.9 Å². The minimum Gasteiger partial charge on any atom is -0.490 e. The first-order chi connectivity index (χ1) is 9.78. The molecule has 2 aromatic rings. The van der Waals surface area contributed by atoms with Crippen molar-refractivity contribution in [1.82, 2.24) is 10.3 Å². The lowest BCUT2D eigenvalue weighted by Gasteiger charge is -2.23. The number of aliphatic hydroxyl groups excluding tert-OH is 1. The van der Waals surface area contributed by atoms with Crippen molar-refractivity contribution in [1.29, 1.82) is 0 Å². The van der Waals surface area contributed by atoms with Crippen LogP contribution in [0.5, 0.6) is 5.75 Å². The Labute approximate surface area is 130 Å². The lowest BCUT2D eigenvalue weighted by Crippen LogP contribution is -2.42. The smallest absolute Gasteiger partial charge is 0.130 e. The maximum Gasteiger partial charge on any atom is 0.130 e. The van der Waals surface area contributed by atoms with Gasteiger partial charge in [0.05, 0.1) is 15.9 Å². The Bertz CT molecular complexity index is 616. The Balaban J connectivity index is 2.04. The van der Waals surface area contributed by atoms with Gasteiger partial charge in [0.1, 0.15) is 18.5 Å². The van der Waals surface area contributed by atoms with Gasteiger partial charge in [0.2, 0.25) is 0 Å². The number of benzene rings is 1. The van der Waals surface area contributed by atoms with Crippen LogP contribution in [0, 0.1) is 6.92 Å². The molecule has 1 unspecified atom stereocenters. The van der Waals surface area contributed by atoms with Crippen molar-refractivity contribution in [2.75, 3.05) is 13.2 Å². The monoisotopic (exact) mass is 310 g/mol. The van der Waals surface area contributed by atoms with Gasteiger partial charge in [-0.3, -0.25) is 0 Å². The zero-order valence-corrected chi connectivity index (χ0v) is 13.7. The third-order valence-corrected chi connectivity index (χ3v) is 3.67. The molecule has 0 aliphatic heterocycles. The van der Waals surface area contributed by atoms with E-state index >= 15 is 0 Å². The molecule has 3 N–H and O–H groups in total. The number of aryl methyl sites for hydroxylation is 1. The van der Waals surface area contributed by atoms with Gasteiger partial charge in [-0.1, -0.05) is 17.7 Å². The zero-order chi connectivity index (χ0) is 15.6. The Kier molecular flexibility index (Phi) is 4.81. The number of H-pyrrole nitrogens is 1. The molecule has 0 bridgehead atoms. The summed E-state index contributed by atoms with van der Waals surface area (Å²) in [4.78, 5) is 3.21. The summed E-state index contributed by atoms with van der Waals surface area (Å²) < 4.78 is 5.75. The average molecular weight is 311 g/mol. The van der Waals surface area contributed by atoms with Crippen LogP contribution in [-0.4, -0.2) is 34.9 Å². The summed E-state index contributed by atoms with van der Waals surface area (Å²) >= 11 is 6.30. The van der Waals surface area contributed by atoms with Crippen molar-refractivity contribution in [3.8, 4) is 5.75 Å². The quantitative estimate of drug-likeness (QED) is 0.794. The average Bonchev–Trinajstić information content (AvgIpc) is 2.69. The van der Waals surface area contributed by atoms with E-state index in [0.29, 0.717) is 17.3 Å². The summed E-state index contributed by atoms with van der Waals surface area (Å²) in [6, 6.07) is 5.73. The molecule has 4 nitrogen and oxygen atoms in total. The van der Waals surface area contributed by atoms with Gasteiger partial charge in [0.15, 0.2) is 0 Å². The molecule has 0 radical (unpaired) electrons. The molecule has 116 valence electrons. The van der Waals surface area contributed by atoms with E-state index in [1.54, 1.807) is 0 Å². The maximum absolute atomic E-state index is 9.99. The van der Waals surface area contributed by atoms with Crippen molar-refractivity contribution in [2.45, 2.75) is 39.3 Å². The second kappa shape index (κ2) is 6.26. The van der Waals surface area contributed by atoms with Gasteiger partial charge in [0, 0.05) is 17.8 Å². The van der Waals surface area contributed by atoms with E-state index < -0.39 is 6.10 Å². The zero-order valence-electron chi connectivity index (χ0n) is 13.0. The number of nitrogens with one attached hydrogen (secondary N) is 2. The highest BCUT2D eigenvalue weighted by Crippen LogP contribution is 2.34. The van der Waals surface area contributed by atoms with Gasteiger partial charge < -0.3 is 20.1 Å². The normalized spacial score (nSPS) is 13.6. The van der Waals surface area contributed by atoms with Gasteiger partial charge in [-0.15, -0.1) is 0 Å². The molecule has 0 fully saturated rings. The minimum absolute atomic E-state index is 0.0257. The summed E-state index contributed by atoms with van der Waals surface area (Å²) in [5.74, 6) is 0.691. The molecule has 0 saturated heterocycles. The molecule has 0 aliphatic carbocycles. The fourth-order valence-corrected chi connectivity index (χ4v) is 2.34. The predicted molar refractivity (Wildman–Crippen MR) is 87.3 cm³/mol. The molecule has 1 atom stereocenters. The van der Waals surface area contributed by atoms with Crippen LogP contribution in [0.15, 0.2) is 18.2 Å². The number of ether oxygens (including phenoxy) is 1. The van der Waals surface area contributed by atoms with Crippen molar-refractivity contribution in [3.63, 3.8) is 0 Å². The fourth-order valence-electron chi connectivity index (χ4n) is 2.10. The number of hydrogen-bond acceptors (Lipinski definition) is 3. The van der Waals surface area contributed by atoms with Crippen LogP contribution in [-0.2, 0) is 0 Å². The van der Waals surface area contributed by atoms with Crippen LogP contribution >= 0.6 is 11.6 Å². The van der Waals surface area contributed by atoms with Crippen molar-refractivity contribution < 1.29 is 9.84 Å². The molecule has 0 aliphatic rings. The fraction of sp³-hybridized carbons (Fsp3) is 0.500. The molecule has 0 saturated carbocycles. The van der Waals surface area contributed by atoms with Crippen LogP contribution in [0.2, 0.25) is 5.02 Å². The largest absolute Gasteiger partial charge is 0.490 e. The summed E-state index contributed by atoms with van der Waals surface area (Å²) in [7, 11) is 0. The van der Waals surface area contributed by atoms with E-state index in [1.165, 1.54) is 0 Å². The van der Waals surface area contributed by atoms with E-state index in [9.17, 15) is 5.11 Å². The van der Waals surface area contributed by atoms with Crippen LogP contribution in [0.1, 0.15) is 26.5 Å². The molecule has 5 heteroatoms. The molecule has 1 aromatic carbocycles. The third-order valence-electron chi connectivity index (χ3n) is 3.20. The van der Waals surface area contributed by atoms with Gasteiger partial charge in [0.25, 0.3) is 0 Å². The molecule has 2 rings (SSSR count). The van der Waals surface area contributed by atoms with E-state index in [4.69, 9.17) is 16.3 Å². The second-order valence-corrected chi connectivity index (χ2v) is 6.72. The van der Waals surface area contributed by atoms with E-state index in [2.05, 4.69) is 31.1 Å². The number of aromatic nitrogens is 1. The first-order valence-corrected chi connectivity index (χ1v) is 7.48. The number of hydrogen-bond donors (Lipinski definition) is 3. The molecular formula is C16H23ClN2O2. The topological polar surface area (TPSA) is 57.3 Å². The summed E-state index contributed by atoms with van der Waals surface area (Å²) in [6.07, 6.45) is -0.571. The van der Waals surface area contributed by atoms with E-state index in [1.807, 2.05) is 25.1 Å². The number of β-amino-alcohol motifs (C(OH)–C–C–N with tert-alkyl or cyclic N) is 1. The Morgan fingerprint density at radius 1 is 1.38 bits per heavy atom. The number of halogens is 1. The molecule has 0 amide bonds. The SMILES string of the molecule is Cc1[nH]c2cccc(OCC(O)CNC(C)(C)C)c2c1Cl. The highest BCUT2D eigenvalue weighted by molar-refractivity contribution is 6.37. The molecule has 1 heterocycles. The van der Waals surface area contributed by atoms with E-state index in [0.717, 1.165) is 16.6 Å². The van der Waals surface area contributed by atoms with Crippen molar-refractivity contribution in [2.24, 2.45) is 0 Å². The summed E-state index contributed by atoms with van der Waals surface area (Å²) in [5.41, 5.74) is 1.83. The van der Waals surface area contributed by atoms with Gasteiger partial charge >= 0.3 is 0 Å². The van der Waals surface area contributed by atoms with Crippen LogP contribution in [0.4, 0.5) is 0 Å². The molecule has 21 heavy (non-hydrogen) atoms. The molecule has 0 spiro atoms. The summed E-state index contributed by atoms with van der Waals surface area (Å²) in [5, 5.41) is 14.8. The maximum atomic E-state index is 9.99. The van der Waals surface area contributed by atoms with Crippen LogP contribution < -0.4 is 10.1 Å². The number of rotatable bonds is 5. The Hall–Kier alpha value is -1.23. The highest BCUT2D eigenvalue weighted by atomic mass is 35.5. The predicted octanol–water partition coefficient (Wildman–Crippen LogP) is 3.26. The summed E-state index contributed by atoms with van der Waals surface area (Å²) in [6.45, 7) is 8.81. The number of fused-ring (bicyclic) bond motifs is 1. The van der Waals surface area contributed by atoms with Gasteiger partial charge in [-0.2, -0.15) is 0 Å². The standard InChI is InChI=1S/C16H23ClN2O2/c1-10-15(17)14-12(19-10)6-5-7-13(14)21-9-11(20)8-18-16(2,3)4/h5-7,11,18-20H,8-9H2,1-4H3. The number of aromatic amines is 1. The first-order valence-electron chi connectivity index (χ1n) is 7.10. The van der Waals surface area contributed by atoms with Crippen LogP contribution in [0.3, 0.4) is 0 Å². The highest BCUT2D eigenvalue weighted by Gasteiger charge is 2.15. The first kappa shape index (κ1) is 16.1. The second-order valence-electron chi connectivity index (χ2n) is 6.34. The molecule has 1 aromatic heterocycles.